The fourth-order valence-electron chi connectivity index (χ4n) is 2.97. The molecule has 1 unspecified atom stereocenters. The fraction of sp³-hybridized carbons (Fsp3) is 0.600. The lowest BCUT2D eigenvalue weighted by atomic mass is 10.1. The Labute approximate surface area is 190 Å². The summed E-state index contributed by atoms with van der Waals surface area (Å²) < 4.78 is 0.294. The van der Waals surface area contributed by atoms with Crippen molar-refractivity contribution in [3.63, 3.8) is 0 Å². The van der Waals surface area contributed by atoms with E-state index in [-0.39, 0.29) is 29.9 Å². The highest BCUT2D eigenvalue weighted by molar-refractivity contribution is 14.0. The quantitative estimate of drug-likeness (QED) is 0.280. The molecule has 158 valence electrons. The van der Waals surface area contributed by atoms with Gasteiger partial charge in [-0.25, -0.2) is 0 Å². The first-order valence-electron chi connectivity index (χ1n) is 9.52. The molecule has 0 saturated carbocycles. The van der Waals surface area contributed by atoms with Crippen LogP contribution in [0.15, 0.2) is 29.3 Å². The molecule has 6 nitrogen and oxygen atoms in total. The lowest BCUT2D eigenvalue weighted by Crippen LogP contribution is -2.43. The van der Waals surface area contributed by atoms with Crippen molar-refractivity contribution in [3.8, 4) is 0 Å². The largest absolute Gasteiger partial charge is 0.355 e. The van der Waals surface area contributed by atoms with E-state index in [0.717, 1.165) is 24.6 Å². The second-order valence-electron chi connectivity index (χ2n) is 7.44. The van der Waals surface area contributed by atoms with Gasteiger partial charge in [0.15, 0.2) is 5.96 Å². The van der Waals surface area contributed by atoms with Crippen LogP contribution in [0.1, 0.15) is 35.7 Å². The molecule has 2 rings (SSSR count). The van der Waals surface area contributed by atoms with Crippen LogP contribution in [0.3, 0.4) is 0 Å². The van der Waals surface area contributed by atoms with Crippen LogP contribution in [0.2, 0.25) is 0 Å². The number of carbonyl (C=O) groups excluding carboxylic acids is 1. The standard InChI is InChI=1S/C20H33N5OS.HI/c1-20(9-6-12-27-20)15-24-19(21-2)23-14-16-7-5-8-17(13-16)18(26)22-10-11-25(3)4;/h5,7-8,13H,6,9-12,14-15H2,1-4H3,(H,22,26)(H2,21,23,24);1H. The third-order valence-corrected chi connectivity index (χ3v) is 6.19. The maximum Gasteiger partial charge on any atom is 0.251 e. The number of aliphatic imine (C=N–C) groups is 1. The Hall–Kier alpha value is -1.00. The molecule has 1 aromatic carbocycles. The Morgan fingerprint density at radius 3 is 2.71 bits per heavy atom. The lowest BCUT2D eigenvalue weighted by molar-refractivity contribution is 0.0951. The van der Waals surface area contributed by atoms with Crippen LogP contribution in [0.4, 0.5) is 0 Å². The molecule has 1 saturated heterocycles. The highest BCUT2D eigenvalue weighted by atomic mass is 127. The van der Waals surface area contributed by atoms with Crippen LogP contribution < -0.4 is 16.0 Å². The topological polar surface area (TPSA) is 68.8 Å². The Morgan fingerprint density at radius 2 is 2.07 bits per heavy atom. The van der Waals surface area contributed by atoms with E-state index in [1.807, 2.05) is 55.0 Å². The zero-order chi connectivity index (χ0) is 19.7. The van der Waals surface area contributed by atoms with Crippen molar-refractivity contribution >= 4 is 47.6 Å². The van der Waals surface area contributed by atoms with E-state index in [9.17, 15) is 4.79 Å². The van der Waals surface area contributed by atoms with E-state index >= 15 is 0 Å². The number of benzene rings is 1. The summed E-state index contributed by atoms with van der Waals surface area (Å²) in [5.74, 6) is 2.00. The molecule has 1 aromatic rings. The molecule has 1 heterocycles. The third-order valence-electron chi connectivity index (χ3n) is 4.65. The number of nitrogens with one attached hydrogen (secondary N) is 3. The minimum Gasteiger partial charge on any atom is -0.355 e. The average Bonchev–Trinajstić information content (AvgIpc) is 3.08. The number of guanidine groups is 1. The SMILES string of the molecule is CN=C(NCc1cccc(C(=O)NCCN(C)C)c1)NCC1(C)CCCS1.I. The summed E-state index contributed by atoms with van der Waals surface area (Å²) in [6.45, 7) is 5.31. The van der Waals surface area contributed by atoms with E-state index in [0.29, 0.717) is 23.4 Å². The van der Waals surface area contributed by atoms with Gasteiger partial charge in [0.2, 0.25) is 0 Å². The van der Waals surface area contributed by atoms with Crippen molar-refractivity contribution in [1.29, 1.82) is 0 Å². The van der Waals surface area contributed by atoms with Crippen LogP contribution in [-0.4, -0.2) is 68.0 Å². The molecule has 3 N–H and O–H groups in total. The molecular formula is C20H34IN5OS. The van der Waals surface area contributed by atoms with E-state index in [1.54, 1.807) is 7.05 Å². The van der Waals surface area contributed by atoms with Crippen LogP contribution in [0.5, 0.6) is 0 Å². The minimum absolute atomic E-state index is 0. The number of thioether (sulfide) groups is 1. The summed E-state index contributed by atoms with van der Waals surface area (Å²) in [7, 11) is 5.77. The van der Waals surface area contributed by atoms with Crippen LogP contribution in [-0.2, 0) is 6.54 Å². The first kappa shape index (κ1) is 25.0. The Morgan fingerprint density at radius 1 is 1.29 bits per heavy atom. The fourth-order valence-corrected chi connectivity index (χ4v) is 4.22. The number of hydrogen-bond acceptors (Lipinski definition) is 4. The summed E-state index contributed by atoms with van der Waals surface area (Å²) in [6, 6.07) is 7.72. The Balaban J connectivity index is 0.00000392. The summed E-state index contributed by atoms with van der Waals surface area (Å²) >= 11 is 2.03. The number of nitrogens with zero attached hydrogens (tertiary/aromatic N) is 2. The van der Waals surface area contributed by atoms with Crippen molar-refractivity contribution < 1.29 is 4.79 Å². The molecule has 1 atom stereocenters. The molecule has 8 heteroatoms. The minimum atomic E-state index is -0.0348. The van der Waals surface area contributed by atoms with Crippen molar-refractivity contribution in [2.75, 3.05) is 46.5 Å². The van der Waals surface area contributed by atoms with Crippen LogP contribution in [0, 0.1) is 0 Å². The molecule has 0 aromatic heterocycles. The van der Waals surface area contributed by atoms with Gasteiger partial charge in [0.05, 0.1) is 0 Å². The van der Waals surface area contributed by atoms with Crippen molar-refractivity contribution in [2.45, 2.75) is 31.1 Å². The molecule has 28 heavy (non-hydrogen) atoms. The van der Waals surface area contributed by atoms with Crippen LogP contribution >= 0.6 is 35.7 Å². The molecule has 1 amide bonds. The number of hydrogen-bond donors (Lipinski definition) is 3. The number of likely N-dealkylation sites (N-methyl/N-ethyl adjacent to an activating group) is 1. The van der Waals surface area contributed by atoms with Gasteiger partial charge in [-0.05, 0) is 57.3 Å². The first-order chi connectivity index (χ1) is 12.9. The molecule has 0 spiro atoms. The molecule has 1 fully saturated rings. The van der Waals surface area contributed by atoms with Gasteiger partial charge in [0.25, 0.3) is 5.91 Å². The Kier molecular flexibility index (Phi) is 11.2. The van der Waals surface area contributed by atoms with Crippen LogP contribution in [0.25, 0.3) is 0 Å². The first-order valence-corrected chi connectivity index (χ1v) is 10.5. The average molecular weight is 519 g/mol. The number of carbonyl (C=O) groups is 1. The van der Waals surface area contributed by atoms with Crippen molar-refractivity contribution in [3.05, 3.63) is 35.4 Å². The maximum atomic E-state index is 12.3. The van der Waals surface area contributed by atoms with E-state index in [1.165, 1.54) is 18.6 Å². The molecule has 0 bridgehead atoms. The van der Waals surface area contributed by atoms with E-state index < -0.39 is 0 Å². The van der Waals surface area contributed by atoms with Crippen molar-refractivity contribution in [2.24, 2.45) is 4.99 Å². The molecule has 1 aliphatic heterocycles. The highest BCUT2D eigenvalue weighted by Crippen LogP contribution is 2.36. The lowest BCUT2D eigenvalue weighted by Gasteiger charge is -2.24. The van der Waals surface area contributed by atoms with Gasteiger partial charge < -0.3 is 20.9 Å². The normalized spacial score (nSPS) is 19.2. The zero-order valence-electron chi connectivity index (χ0n) is 17.4. The maximum absolute atomic E-state index is 12.3. The second-order valence-corrected chi connectivity index (χ2v) is 9.12. The van der Waals surface area contributed by atoms with Gasteiger partial charge in [-0.2, -0.15) is 11.8 Å². The third kappa shape index (κ3) is 8.57. The number of amides is 1. The van der Waals surface area contributed by atoms with Gasteiger partial charge in [-0.15, -0.1) is 24.0 Å². The summed E-state index contributed by atoms with van der Waals surface area (Å²) in [5, 5.41) is 9.72. The van der Waals surface area contributed by atoms with E-state index in [2.05, 4.69) is 27.9 Å². The van der Waals surface area contributed by atoms with Gasteiger partial charge >= 0.3 is 0 Å². The van der Waals surface area contributed by atoms with E-state index in [4.69, 9.17) is 0 Å². The molecular weight excluding hydrogens is 485 g/mol. The van der Waals surface area contributed by atoms with Gasteiger partial charge in [0.1, 0.15) is 0 Å². The smallest absolute Gasteiger partial charge is 0.251 e. The summed E-state index contributed by atoms with van der Waals surface area (Å²) in [4.78, 5) is 18.6. The van der Waals surface area contributed by atoms with Gasteiger partial charge in [0, 0.05) is 43.5 Å². The summed E-state index contributed by atoms with van der Waals surface area (Å²) in [5.41, 5.74) is 1.74. The predicted molar refractivity (Wildman–Crippen MR) is 131 cm³/mol. The molecule has 1 aliphatic rings. The predicted octanol–water partition coefficient (Wildman–Crippen LogP) is 2.55. The number of halogens is 1. The van der Waals surface area contributed by atoms with Gasteiger partial charge in [-0.3, -0.25) is 9.79 Å². The van der Waals surface area contributed by atoms with Crippen molar-refractivity contribution in [1.82, 2.24) is 20.9 Å². The Bertz CT molecular complexity index is 647. The zero-order valence-corrected chi connectivity index (χ0v) is 20.5. The molecule has 0 aliphatic carbocycles. The highest BCUT2D eigenvalue weighted by Gasteiger charge is 2.29. The number of rotatable bonds is 8. The van der Waals surface area contributed by atoms with Gasteiger partial charge in [-0.1, -0.05) is 12.1 Å². The summed E-state index contributed by atoms with van der Waals surface area (Å²) in [6.07, 6.45) is 2.53. The second kappa shape index (κ2) is 12.5. The molecule has 0 radical (unpaired) electrons. The monoisotopic (exact) mass is 519 g/mol.